The van der Waals surface area contributed by atoms with Crippen LogP contribution in [0, 0.1) is 0 Å². The number of benzene rings is 1. The molecule has 2 aliphatic heterocycles. The van der Waals surface area contributed by atoms with Crippen molar-refractivity contribution in [3.05, 3.63) is 46.2 Å². The van der Waals surface area contributed by atoms with Crippen molar-refractivity contribution in [2.24, 2.45) is 0 Å². The lowest BCUT2D eigenvalue weighted by Crippen LogP contribution is -2.46. The molecule has 1 aromatic carbocycles. The first-order chi connectivity index (χ1) is 16.3. The van der Waals surface area contributed by atoms with Crippen molar-refractivity contribution in [3.8, 4) is 0 Å². The van der Waals surface area contributed by atoms with Gasteiger partial charge in [-0.2, -0.15) is 4.31 Å². The summed E-state index contributed by atoms with van der Waals surface area (Å²) < 4.78 is 27.1. The maximum atomic E-state index is 13.2. The average Bonchev–Trinajstić information content (AvgIpc) is 3.41. The van der Waals surface area contributed by atoms with Gasteiger partial charge in [-0.3, -0.25) is 14.5 Å². The van der Waals surface area contributed by atoms with Gasteiger partial charge >= 0.3 is 6.03 Å². The molecule has 2 saturated heterocycles. The summed E-state index contributed by atoms with van der Waals surface area (Å²) in [5.41, 5.74) is 0.132. The van der Waals surface area contributed by atoms with Crippen LogP contribution in [0.2, 0.25) is 0 Å². The highest BCUT2D eigenvalue weighted by Crippen LogP contribution is 2.42. The Kier molecular flexibility index (Phi) is 5.95. The van der Waals surface area contributed by atoms with Crippen molar-refractivity contribution in [1.82, 2.24) is 14.5 Å². The number of rotatable bonds is 5. The number of imide groups is 1. The third kappa shape index (κ3) is 3.91. The van der Waals surface area contributed by atoms with Gasteiger partial charge in [0, 0.05) is 29.2 Å². The van der Waals surface area contributed by atoms with Crippen LogP contribution in [0.3, 0.4) is 0 Å². The average molecular weight is 503 g/mol. The molecule has 1 atom stereocenters. The van der Waals surface area contributed by atoms with Crippen molar-refractivity contribution >= 4 is 44.9 Å². The van der Waals surface area contributed by atoms with Crippen molar-refractivity contribution in [3.63, 3.8) is 0 Å². The Hall–Kier alpha value is -2.76. The van der Waals surface area contributed by atoms with Crippen molar-refractivity contribution in [2.75, 3.05) is 25.0 Å². The van der Waals surface area contributed by atoms with Gasteiger partial charge in [-0.05, 0) is 67.8 Å². The first kappa shape index (κ1) is 23.0. The molecule has 3 aliphatic rings. The fraction of sp³-hybridized carbons (Fsp3) is 0.435. The number of nitrogens with zero attached hydrogens (tertiary/aromatic N) is 2. The van der Waals surface area contributed by atoms with Crippen LogP contribution in [0.5, 0.6) is 0 Å². The van der Waals surface area contributed by atoms with E-state index in [1.807, 2.05) is 11.4 Å². The highest BCUT2D eigenvalue weighted by Gasteiger charge is 2.54. The maximum absolute atomic E-state index is 13.2. The summed E-state index contributed by atoms with van der Waals surface area (Å²) >= 11 is 1.57. The first-order valence-corrected chi connectivity index (χ1v) is 13.7. The van der Waals surface area contributed by atoms with Gasteiger partial charge in [0.05, 0.1) is 4.90 Å². The number of fused-ring (bicyclic) bond motifs is 2. The molecule has 1 aromatic heterocycles. The number of piperidine rings is 1. The molecular formula is C23H26N4O5S2. The number of thiophene rings is 1. The van der Waals surface area contributed by atoms with Crippen molar-refractivity contribution in [1.29, 1.82) is 0 Å². The minimum Gasteiger partial charge on any atom is -0.325 e. The second-order valence-corrected chi connectivity index (χ2v) is 11.8. The van der Waals surface area contributed by atoms with Gasteiger partial charge in [0.25, 0.3) is 5.91 Å². The molecule has 0 radical (unpaired) electrons. The molecule has 5 rings (SSSR count). The zero-order valence-electron chi connectivity index (χ0n) is 18.6. The molecule has 2 N–H and O–H groups in total. The van der Waals surface area contributed by atoms with Crippen LogP contribution in [0.15, 0.2) is 40.6 Å². The Labute approximate surface area is 202 Å². The molecule has 1 spiro atoms. The van der Waals surface area contributed by atoms with Gasteiger partial charge in [-0.25, -0.2) is 13.2 Å². The number of amides is 4. The van der Waals surface area contributed by atoms with Crippen molar-refractivity contribution < 1.29 is 22.8 Å². The van der Waals surface area contributed by atoms with E-state index in [1.54, 1.807) is 11.3 Å². The lowest BCUT2D eigenvalue weighted by molar-refractivity contribution is -0.134. The summed E-state index contributed by atoms with van der Waals surface area (Å²) in [6.45, 7) is 0.613. The van der Waals surface area contributed by atoms with E-state index in [4.69, 9.17) is 0 Å². The Morgan fingerprint density at radius 2 is 1.79 bits per heavy atom. The molecule has 4 amide bonds. The van der Waals surface area contributed by atoms with E-state index in [0.29, 0.717) is 25.2 Å². The number of nitrogens with one attached hydrogen (secondary N) is 2. The largest absolute Gasteiger partial charge is 0.325 e. The lowest BCUT2D eigenvalue weighted by Gasteiger charge is -2.31. The van der Waals surface area contributed by atoms with E-state index < -0.39 is 40.0 Å². The molecular weight excluding hydrogens is 476 g/mol. The fourth-order valence-corrected chi connectivity index (χ4v) is 7.51. The van der Waals surface area contributed by atoms with Crippen LogP contribution < -0.4 is 10.6 Å². The van der Waals surface area contributed by atoms with E-state index in [-0.39, 0.29) is 4.90 Å². The smallest absolute Gasteiger partial charge is 0.325 e. The van der Waals surface area contributed by atoms with E-state index in [2.05, 4.69) is 10.6 Å². The molecule has 3 heterocycles. The van der Waals surface area contributed by atoms with Gasteiger partial charge in [-0.1, -0.05) is 6.42 Å². The van der Waals surface area contributed by atoms with Gasteiger partial charge in [0.2, 0.25) is 15.9 Å². The maximum Gasteiger partial charge on any atom is 0.325 e. The van der Waals surface area contributed by atoms with Crippen molar-refractivity contribution in [2.45, 2.75) is 49.0 Å². The number of carbonyl (C=O) groups excluding carboxylic acids is 3. The highest BCUT2D eigenvalue weighted by atomic mass is 32.2. The molecule has 0 saturated carbocycles. The summed E-state index contributed by atoms with van der Waals surface area (Å²) in [6.07, 6.45) is 4.90. The minimum atomic E-state index is -3.56. The number of anilines is 1. The molecule has 0 bridgehead atoms. The Morgan fingerprint density at radius 3 is 2.53 bits per heavy atom. The van der Waals surface area contributed by atoms with Crippen LogP contribution in [0.25, 0.3) is 0 Å². The van der Waals surface area contributed by atoms with Gasteiger partial charge in [-0.15, -0.1) is 11.3 Å². The standard InChI is InChI=1S/C23H26N4O5S2/c28-20(24-16-6-8-17(9-7-16)34(31,32)26-12-2-1-3-13-26)15-27-21(29)23(25-22(27)30)11-4-5-19-18(23)10-14-33-19/h6-10,14H,1-5,11-13,15H2,(H,24,28)(H,25,30). The fourth-order valence-electron chi connectivity index (χ4n) is 4.99. The summed E-state index contributed by atoms with van der Waals surface area (Å²) in [5, 5.41) is 7.40. The summed E-state index contributed by atoms with van der Waals surface area (Å²) in [6, 6.07) is 7.24. The van der Waals surface area contributed by atoms with E-state index in [0.717, 1.165) is 47.4 Å². The van der Waals surface area contributed by atoms with Crippen LogP contribution in [-0.2, 0) is 31.6 Å². The van der Waals surface area contributed by atoms with Crippen LogP contribution >= 0.6 is 11.3 Å². The molecule has 11 heteroatoms. The molecule has 9 nitrogen and oxygen atoms in total. The predicted molar refractivity (Wildman–Crippen MR) is 127 cm³/mol. The normalized spacial score (nSPS) is 23.1. The Morgan fingerprint density at radius 1 is 1.06 bits per heavy atom. The van der Waals surface area contributed by atoms with Gasteiger partial charge in [0.1, 0.15) is 12.1 Å². The molecule has 34 heavy (non-hydrogen) atoms. The second kappa shape index (κ2) is 8.79. The van der Waals surface area contributed by atoms with E-state index in [1.165, 1.54) is 28.6 Å². The quantitative estimate of drug-likeness (QED) is 0.610. The summed E-state index contributed by atoms with van der Waals surface area (Å²) in [5.74, 6) is -0.941. The number of urea groups is 1. The topological polar surface area (TPSA) is 116 Å². The third-order valence-electron chi connectivity index (χ3n) is 6.73. The number of sulfonamides is 1. The lowest BCUT2D eigenvalue weighted by atomic mass is 9.80. The highest BCUT2D eigenvalue weighted by molar-refractivity contribution is 7.89. The Balaban J connectivity index is 1.25. The number of aryl methyl sites for hydroxylation is 1. The molecule has 2 fully saturated rings. The predicted octanol–water partition coefficient (Wildman–Crippen LogP) is 2.64. The zero-order valence-corrected chi connectivity index (χ0v) is 20.2. The molecule has 1 aliphatic carbocycles. The van der Waals surface area contributed by atoms with Gasteiger partial charge in [0.15, 0.2) is 0 Å². The van der Waals surface area contributed by atoms with Gasteiger partial charge < -0.3 is 10.6 Å². The minimum absolute atomic E-state index is 0.173. The van der Waals surface area contributed by atoms with Crippen LogP contribution in [-0.4, -0.2) is 55.1 Å². The van der Waals surface area contributed by atoms with E-state index in [9.17, 15) is 22.8 Å². The second-order valence-electron chi connectivity index (χ2n) is 8.88. The third-order valence-corrected chi connectivity index (χ3v) is 9.62. The number of hydrogen-bond donors (Lipinski definition) is 2. The summed E-state index contributed by atoms with van der Waals surface area (Å²) in [4.78, 5) is 40.7. The van der Waals surface area contributed by atoms with Crippen LogP contribution in [0.4, 0.5) is 10.5 Å². The van der Waals surface area contributed by atoms with Crippen LogP contribution in [0.1, 0.15) is 42.5 Å². The Bertz CT molecular complexity index is 1230. The molecule has 2 aromatic rings. The number of hydrogen-bond acceptors (Lipinski definition) is 6. The SMILES string of the molecule is O=C(CN1C(=O)NC2(CCCc3sccc32)C1=O)Nc1ccc(S(=O)(=O)N2CCCCC2)cc1. The van der Waals surface area contributed by atoms with E-state index >= 15 is 0 Å². The molecule has 180 valence electrons. The zero-order chi connectivity index (χ0) is 23.9. The number of carbonyl (C=O) groups is 3. The first-order valence-electron chi connectivity index (χ1n) is 11.4. The summed E-state index contributed by atoms with van der Waals surface area (Å²) in [7, 11) is -3.56. The molecule has 1 unspecified atom stereocenters. The monoisotopic (exact) mass is 502 g/mol.